The second-order valence-electron chi connectivity index (χ2n) is 9.46. The van der Waals surface area contributed by atoms with Crippen molar-refractivity contribution in [2.75, 3.05) is 37.5 Å². The van der Waals surface area contributed by atoms with Crippen LogP contribution in [0.4, 0.5) is 11.4 Å². The Morgan fingerprint density at radius 2 is 1.67 bits per heavy atom. The average molecular weight is 405 g/mol. The van der Waals surface area contributed by atoms with Crippen molar-refractivity contribution in [2.24, 2.45) is 5.41 Å². The smallest absolute Gasteiger partial charge is 0.163 e. The molecule has 0 saturated carbocycles. The van der Waals surface area contributed by atoms with E-state index < -0.39 is 0 Å². The van der Waals surface area contributed by atoms with Gasteiger partial charge in [-0.15, -0.1) is 0 Å². The van der Waals surface area contributed by atoms with E-state index in [4.69, 9.17) is 9.47 Å². The lowest BCUT2D eigenvalue weighted by molar-refractivity contribution is -0.118. The Hall–Kier alpha value is -2.95. The Kier molecular flexibility index (Phi) is 4.31. The van der Waals surface area contributed by atoms with Gasteiger partial charge in [0.05, 0.1) is 0 Å². The van der Waals surface area contributed by atoms with Gasteiger partial charge in [0.1, 0.15) is 13.2 Å². The van der Waals surface area contributed by atoms with Gasteiger partial charge in [-0.05, 0) is 41.2 Å². The van der Waals surface area contributed by atoms with Gasteiger partial charge in [0.2, 0.25) is 0 Å². The molecule has 0 radical (unpaired) electrons. The van der Waals surface area contributed by atoms with E-state index in [0.717, 1.165) is 51.7 Å². The standard InChI is InChI=1S/C25H28N2O3/c1-25(2)13-19-24(20(28)14-25)23(15-5-7-16(8-6-15)27(3)4)17-11-21-22(12-18(17)26-19)30-10-9-29-21/h5-8,11-12,23,26H,9-10,13-14H2,1-4H3/t23-/m0/s1. The van der Waals surface area contributed by atoms with E-state index in [-0.39, 0.29) is 17.1 Å². The van der Waals surface area contributed by atoms with Crippen molar-refractivity contribution in [2.45, 2.75) is 32.6 Å². The summed E-state index contributed by atoms with van der Waals surface area (Å²) in [5, 5.41) is 3.58. The number of carbonyl (C=O) groups excluding carboxylic acids is 1. The van der Waals surface area contributed by atoms with Gasteiger partial charge in [0.25, 0.3) is 0 Å². The summed E-state index contributed by atoms with van der Waals surface area (Å²) in [6, 6.07) is 12.6. The highest BCUT2D eigenvalue weighted by atomic mass is 16.6. The number of ketones is 1. The summed E-state index contributed by atoms with van der Waals surface area (Å²) in [5.41, 5.74) is 6.24. The normalized spacial score (nSPS) is 21.5. The Morgan fingerprint density at radius 1 is 1.00 bits per heavy atom. The molecule has 0 fully saturated rings. The third-order valence-corrected chi connectivity index (χ3v) is 6.26. The van der Waals surface area contributed by atoms with Crippen molar-refractivity contribution in [1.29, 1.82) is 0 Å². The highest BCUT2D eigenvalue weighted by Crippen LogP contribution is 2.51. The van der Waals surface area contributed by atoms with Crippen LogP contribution >= 0.6 is 0 Å². The lowest BCUT2D eigenvalue weighted by atomic mass is 9.68. The second-order valence-corrected chi connectivity index (χ2v) is 9.46. The molecule has 0 bridgehead atoms. The van der Waals surface area contributed by atoms with Crippen molar-refractivity contribution < 1.29 is 14.3 Å². The van der Waals surface area contributed by atoms with Crippen LogP contribution in [0.1, 0.15) is 43.7 Å². The van der Waals surface area contributed by atoms with Crippen LogP contribution in [0.5, 0.6) is 11.5 Å². The number of fused-ring (bicyclic) bond motifs is 2. The van der Waals surface area contributed by atoms with Crippen LogP contribution in [0.3, 0.4) is 0 Å². The molecule has 2 aliphatic heterocycles. The minimum Gasteiger partial charge on any atom is -0.486 e. The SMILES string of the molecule is CN(C)c1ccc([C@@H]2C3=C(CC(C)(C)CC3=O)Nc3cc4c(cc32)OCCO4)cc1. The van der Waals surface area contributed by atoms with Gasteiger partial charge in [-0.1, -0.05) is 26.0 Å². The molecule has 0 aromatic heterocycles. The average Bonchev–Trinajstić information content (AvgIpc) is 2.70. The summed E-state index contributed by atoms with van der Waals surface area (Å²) >= 11 is 0. The fraction of sp³-hybridized carbons (Fsp3) is 0.400. The molecule has 5 rings (SSSR count). The number of nitrogens with one attached hydrogen (secondary N) is 1. The van der Waals surface area contributed by atoms with Crippen LogP contribution < -0.4 is 19.7 Å². The lowest BCUT2D eigenvalue weighted by Crippen LogP contribution is -2.34. The number of Topliss-reactive ketones (excluding diaryl/α,β-unsaturated/α-hetero) is 1. The minimum atomic E-state index is -0.105. The number of hydrogen-bond acceptors (Lipinski definition) is 5. The molecule has 156 valence electrons. The largest absolute Gasteiger partial charge is 0.486 e. The van der Waals surface area contributed by atoms with Gasteiger partial charge >= 0.3 is 0 Å². The van der Waals surface area contributed by atoms with Crippen LogP contribution in [-0.2, 0) is 4.79 Å². The Balaban J connectivity index is 1.68. The maximum Gasteiger partial charge on any atom is 0.163 e. The van der Waals surface area contributed by atoms with E-state index in [1.54, 1.807) is 0 Å². The molecule has 2 heterocycles. The van der Waals surface area contributed by atoms with Crippen molar-refractivity contribution in [3.8, 4) is 11.5 Å². The first-order valence-electron chi connectivity index (χ1n) is 10.6. The van der Waals surface area contributed by atoms with Crippen LogP contribution in [0.25, 0.3) is 0 Å². The fourth-order valence-electron chi connectivity index (χ4n) is 4.86. The van der Waals surface area contributed by atoms with E-state index in [9.17, 15) is 4.79 Å². The van der Waals surface area contributed by atoms with Gasteiger partial charge in [0, 0.05) is 55.1 Å². The molecule has 2 aromatic carbocycles. The van der Waals surface area contributed by atoms with Crippen LogP contribution in [-0.4, -0.2) is 33.1 Å². The summed E-state index contributed by atoms with van der Waals surface area (Å²) in [6.45, 7) is 5.43. The quantitative estimate of drug-likeness (QED) is 0.785. The molecule has 1 N–H and O–H groups in total. The summed E-state index contributed by atoms with van der Waals surface area (Å²) in [5.74, 6) is 1.65. The van der Waals surface area contributed by atoms with E-state index >= 15 is 0 Å². The van der Waals surface area contributed by atoms with E-state index in [1.165, 1.54) is 0 Å². The number of rotatable bonds is 2. The zero-order chi connectivity index (χ0) is 21.0. The second kappa shape index (κ2) is 6.79. The van der Waals surface area contributed by atoms with E-state index in [1.807, 2.05) is 20.2 Å². The van der Waals surface area contributed by atoms with Crippen molar-refractivity contribution in [1.82, 2.24) is 0 Å². The first-order chi connectivity index (χ1) is 14.3. The monoisotopic (exact) mass is 404 g/mol. The molecule has 0 saturated heterocycles. The predicted molar refractivity (Wildman–Crippen MR) is 119 cm³/mol. The summed E-state index contributed by atoms with van der Waals surface area (Å²) < 4.78 is 11.7. The van der Waals surface area contributed by atoms with Gasteiger partial charge in [0.15, 0.2) is 17.3 Å². The number of anilines is 2. The first kappa shape index (κ1) is 19.0. The summed E-state index contributed by atoms with van der Waals surface area (Å²) in [4.78, 5) is 15.4. The van der Waals surface area contributed by atoms with Crippen molar-refractivity contribution >= 4 is 17.2 Å². The maximum atomic E-state index is 13.3. The van der Waals surface area contributed by atoms with Gasteiger partial charge in [-0.2, -0.15) is 0 Å². The molecule has 3 aliphatic rings. The molecular weight excluding hydrogens is 376 g/mol. The van der Waals surface area contributed by atoms with Gasteiger partial charge < -0.3 is 19.7 Å². The number of carbonyl (C=O) groups is 1. The number of allylic oxidation sites excluding steroid dienone is 2. The maximum absolute atomic E-state index is 13.3. The summed E-state index contributed by atoms with van der Waals surface area (Å²) in [6.07, 6.45) is 1.42. The van der Waals surface area contributed by atoms with Gasteiger partial charge in [-0.25, -0.2) is 0 Å². The van der Waals surface area contributed by atoms with Crippen LogP contribution in [0.2, 0.25) is 0 Å². The number of nitrogens with zero attached hydrogens (tertiary/aromatic N) is 1. The highest BCUT2D eigenvalue weighted by molar-refractivity contribution is 6.01. The Morgan fingerprint density at radius 3 is 2.33 bits per heavy atom. The molecule has 2 aromatic rings. The lowest BCUT2D eigenvalue weighted by Gasteiger charge is -2.40. The fourth-order valence-corrected chi connectivity index (χ4v) is 4.86. The number of ether oxygens (including phenoxy) is 2. The summed E-state index contributed by atoms with van der Waals surface area (Å²) in [7, 11) is 4.07. The first-order valence-corrected chi connectivity index (χ1v) is 10.6. The molecule has 1 aliphatic carbocycles. The van der Waals surface area contributed by atoms with Gasteiger partial charge in [-0.3, -0.25) is 4.79 Å². The molecule has 1 atom stereocenters. The Bertz CT molecular complexity index is 1050. The minimum absolute atomic E-state index is 0.0480. The predicted octanol–water partition coefficient (Wildman–Crippen LogP) is 4.72. The highest BCUT2D eigenvalue weighted by Gasteiger charge is 2.41. The molecule has 30 heavy (non-hydrogen) atoms. The third kappa shape index (κ3) is 3.13. The molecule has 0 spiro atoms. The third-order valence-electron chi connectivity index (χ3n) is 6.26. The van der Waals surface area contributed by atoms with Crippen molar-refractivity contribution in [3.63, 3.8) is 0 Å². The van der Waals surface area contributed by atoms with E-state index in [2.05, 4.69) is 54.4 Å². The number of benzene rings is 2. The number of hydrogen-bond donors (Lipinski definition) is 1. The van der Waals surface area contributed by atoms with Crippen LogP contribution in [0, 0.1) is 5.41 Å². The van der Waals surface area contributed by atoms with Crippen LogP contribution in [0.15, 0.2) is 47.7 Å². The zero-order valence-electron chi connectivity index (χ0n) is 18.0. The molecular formula is C25H28N2O3. The Labute approximate surface area is 177 Å². The molecule has 5 heteroatoms. The van der Waals surface area contributed by atoms with Crippen molar-refractivity contribution in [3.05, 3.63) is 58.8 Å². The zero-order valence-corrected chi connectivity index (χ0v) is 18.0. The molecule has 0 amide bonds. The molecule has 5 nitrogen and oxygen atoms in total. The van der Waals surface area contributed by atoms with E-state index in [0.29, 0.717) is 19.6 Å². The molecule has 0 unspecified atom stereocenters. The topological polar surface area (TPSA) is 50.8 Å².